The molecule has 1 heterocycles. The number of hydrogen-bond acceptors (Lipinski definition) is 2. The summed E-state index contributed by atoms with van der Waals surface area (Å²) in [6.07, 6.45) is 2.45. The largest absolute Gasteiger partial charge is 0.350 e. The summed E-state index contributed by atoms with van der Waals surface area (Å²) in [4.78, 5) is 19.2. The van der Waals surface area contributed by atoms with Gasteiger partial charge in [0.1, 0.15) is 5.82 Å². The molecule has 1 aliphatic rings. The smallest absolute Gasteiger partial charge is 0.224 e. The van der Waals surface area contributed by atoms with Gasteiger partial charge in [-0.15, -0.1) is 0 Å². The van der Waals surface area contributed by atoms with Gasteiger partial charge in [0, 0.05) is 11.6 Å². The molecule has 1 saturated carbocycles. The van der Waals surface area contributed by atoms with E-state index in [1.54, 1.807) is 18.5 Å². The fourth-order valence-electron chi connectivity index (χ4n) is 2.43. The number of halogens is 1. The fraction of sp³-hybridized carbons (Fsp3) is 0.333. The zero-order chi connectivity index (χ0) is 14.1. The number of hydrogen-bond donors (Lipinski definition) is 2. The molecule has 2 N–H and O–H groups in total. The zero-order valence-electron chi connectivity index (χ0n) is 11.2. The van der Waals surface area contributed by atoms with Gasteiger partial charge in [0.05, 0.1) is 18.6 Å². The Bertz CT molecular complexity index is 620. The average Bonchev–Trinajstić information content (AvgIpc) is 3.14. The number of H-pyrrole nitrogens is 1. The molecule has 0 radical (unpaired) electrons. The third-order valence-corrected chi connectivity index (χ3v) is 3.79. The highest BCUT2D eigenvalue weighted by Crippen LogP contribution is 2.47. The van der Waals surface area contributed by atoms with Gasteiger partial charge < -0.3 is 10.3 Å². The summed E-state index contributed by atoms with van der Waals surface area (Å²) in [6, 6.07) is 6.39. The number of nitrogens with zero attached hydrogens (tertiary/aromatic N) is 1. The van der Waals surface area contributed by atoms with E-state index in [2.05, 4.69) is 15.3 Å². The quantitative estimate of drug-likeness (QED) is 0.898. The number of aryl methyl sites for hydroxylation is 1. The number of carbonyl (C=O) groups is 1. The van der Waals surface area contributed by atoms with E-state index in [1.165, 1.54) is 12.1 Å². The maximum Gasteiger partial charge on any atom is 0.224 e. The number of aromatic amines is 1. The van der Waals surface area contributed by atoms with Crippen LogP contribution in [0.25, 0.3) is 0 Å². The number of rotatable bonds is 4. The van der Waals surface area contributed by atoms with Gasteiger partial charge in [-0.25, -0.2) is 9.37 Å². The second kappa shape index (κ2) is 5.07. The van der Waals surface area contributed by atoms with Crippen LogP contribution < -0.4 is 5.32 Å². The number of aromatic nitrogens is 2. The van der Waals surface area contributed by atoms with Gasteiger partial charge in [0.2, 0.25) is 5.91 Å². The van der Waals surface area contributed by atoms with Gasteiger partial charge in [-0.1, -0.05) is 12.1 Å². The summed E-state index contributed by atoms with van der Waals surface area (Å²) in [5, 5.41) is 2.90. The van der Waals surface area contributed by atoms with Crippen molar-refractivity contribution in [3.05, 3.63) is 53.4 Å². The van der Waals surface area contributed by atoms with Crippen molar-refractivity contribution in [1.82, 2.24) is 15.3 Å². The Labute approximate surface area is 116 Å². The Balaban J connectivity index is 1.55. The van der Waals surface area contributed by atoms with Crippen molar-refractivity contribution in [2.24, 2.45) is 5.92 Å². The van der Waals surface area contributed by atoms with Crippen molar-refractivity contribution in [1.29, 1.82) is 0 Å². The van der Waals surface area contributed by atoms with Crippen LogP contribution in [0, 0.1) is 18.7 Å². The summed E-state index contributed by atoms with van der Waals surface area (Å²) in [5.74, 6) is 0.0155. The highest BCUT2D eigenvalue weighted by atomic mass is 19.1. The van der Waals surface area contributed by atoms with E-state index in [4.69, 9.17) is 0 Å². The van der Waals surface area contributed by atoms with Crippen LogP contribution in [-0.4, -0.2) is 15.9 Å². The predicted molar refractivity (Wildman–Crippen MR) is 72.4 cm³/mol. The average molecular weight is 273 g/mol. The van der Waals surface area contributed by atoms with Crippen LogP contribution in [0.3, 0.4) is 0 Å². The number of nitrogens with one attached hydrogen (secondary N) is 2. The third-order valence-electron chi connectivity index (χ3n) is 3.79. The monoisotopic (exact) mass is 273 g/mol. The molecular weight excluding hydrogens is 257 g/mol. The minimum atomic E-state index is -0.246. The van der Waals surface area contributed by atoms with Crippen molar-refractivity contribution in [3.63, 3.8) is 0 Å². The van der Waals surface area contributed by atoms with E-state index in [0.29, 0.717) is 6.54 Å². The minimum absolute atomic E-state index is 0.000269. The van der Waals surface area contributed by atoms with Gasteiger partial charge in [0.15, 0.2) is 0 Å². The van der Waals surface area contributed by atoms with E-state index in [1.807, 2.05) is 6.92 Å². The van der Waals surface area contributed by atoms with Gasteiger partial charge in [-0.2, -0.15) is 0 Å². The maximum absolute atomic E-state index is 12.9. The summed E-state index contributed by atoms with van der Waals surface area (Å²) < 4.78 is 12.9. The second-order valence-electron chi connectivity index (χ2n) is 5.19. The standard InChI is InChI=1S/C15H16FN3O/c1-9-14(19-8-18-9)7-17-15(20)13-6-12(13)10-2-4-11(16)5-3-10/h2-5,8,12-13H,6-7H2,1H3,(H,17,20)(H,18,19)/t12-,13+/m0/s1. The molecule has 0 unspecified atom stereocenters. The molecule has 1 fully saturated rings. The van der Waals surface area contributed by atoms with Crippen LogP contribution in [0.2, 0.25) is 0 Å². The number of benzene rings is 1. The minimum Gasteiger partial charge on any atom is -0.350 e. The predicted octanol–water partition coefficient (Wildman–Crippen LogP) is 2.28. The number of imidazole rings is 1. The topological polar surface area (TPSA) is 57.8 Å². The molecule has 0 saturated heterocycles. The Morgan fingerprint density at radius 2 is 2.20 bits per heavy atom. The Morgan fingerprint density at radius 3 is 2.85 bits per heavy atom. The van der Waals surface area contributed by atoms with Gasteiger partial charge >= 0.3 is 0 Å². The molecule has 3 rings (SSSR count). The van der Waals surface area contributed by atoms with Crippen LogP contribution in [-0.2, 0) is 11.3 Å². The van der Waals surface area contributed by atoms with E-state index in [9.17, 15) is 9.18 Å². The normalized spacial score (nSPS) is 20.7. The summed E-state index contributed by atoms with van der Waals surface area (Å²) in [7, 11) is 0. The number of carbonyl (C=O) groups excluding carboxylic acids is 1. The molecule has 1 amide bonds. The summed E-state index contributed by atoms with van der Waals surface area (Å²) >= 11 is 0. The lowest BCUT2D eigenvalue weighted by Gasteiger charge is -2.04. The fourth-order valence-corrected chi connectivity index (χ4v) is 2.43. The molecule has 1 aliphatic carbocycles. The number of amides is 1. The van der Waals surface area contributed by atoms with Crippen molar-refractivity contribution in [3.8, 4) is 0 Å². The van der Waals surface area contributed by atoms with Crippen LogP contribution in [0.4, 0.5) is 4.39 Å². The first-order valence-electron chi connectivity index (χ1n) is 6.67. The molecule has 0 spiro atoms. The Hall–Kier alpha value is -2.17. The van der Waals surface area contributed by atoms with Crippen LogP contribution in [0.5, 0.6) is 0 Å². The van der Waals surface area contributed by atoms with Crippen LogP contribution >= 0.6 is 0 Å². The van der Waals surface area contributed by atoms with Gasteiger partial charge in [-0.05, 0) is 37.0 Å². The molecule has 2 atom stereocenters. The molecular formula is C15H16FN3O. The molecule has 0 aliphatic heterocycles. The van der Waals surface area contributed by atoms with E-state index < -0.39 is 0 Å². The Kier molecular flexibility index (Phi) is 3.26. The first-order chi connectivity index (χ1) is 9.65. The van der Waals surface area contributed by atoms with Gasteiger partial charge in [-0.3, -0.25) is 4.79 Å². The molecule has 1 aromatic heterocycles. The van der Waals surface area contributed by atoms with Crippen LogP contribution in [0.15, 0.2) is 30.6 Å². The maximum atomic E-state index is 12.9. The lowest BCUT2D eigenvalue weighted by molar-refractivity contribution is -0.122. The highest BCUT2D eigenvalue weighted by molar-refractivity contribution is 5.82. The summed E-state index contributed by atoms with van der Waals surface area (Å²) in [6.45, 7) is 2.37. The summed E-state index contributed by atoms with van der Waals surface area (Å²) in [5.41, 5.74) is 2.86. The van der Waals surface area contributed by atoms with Crippen molar-refractivity contribution in [2.45, 2.75) is 25.8 Å². The molecule has 0 bridgehead atoms. The lowest BCUT2D eigenvalue weighted by Crippen LogP contribution is -2.25. The molecule has 1 aromatic carbocycles. The van der Waals surface area contributed by atoms with E-state index in [-0.39, 0.29) is 23.6 Å². The van der Waals surface area contributed by atoms with E-state index >= 15 is 0 Å². The SMILES string of the molecule is Cc1[nH]cnc1CNC(=O)[C@@H]1C[C@H]1c1ccc(F)cc1. The first kappa shape index (κ1) is 12.8. The molecule has 20 heavy (non-hydrogen) atoms. The Morgan fingerprint density at radius 1 is 1.45 bits per heavy atom. The molecule has 104 valence electrons. The van der Waals surface area contributed by atoms with Crippen molar-refractivity contribution < 1.29 is 9.18 Å². The molecule has 2 aromatic rings. The van der Waals surface area contributed by atoms with Crippen LogP contribution in [0.1, 0.15) is 29.3 Å². The lowest BCUT2D eigenvalue weighted by atomic mass is 10.1. The van der Waals surface area contributed by atoms with Crippen molar-refractivity contribution >= 4 is 5.91 Å². The highest BCUT2D eigenvalue weighted by Gasteiger charge is 2.43. The van der Waals surface area contributed by atoms with Crippen molar-refractivity contribution in [2.75, 3.05) is 0 Å². The van der Waals surface area contributed by atoms with E-state index in [0.717, 1.165) is 23.4 Å². The second-order valence-corrected chi connectivity index (χ2v) is 5.19. The molecule has 4 nitrogen and oxygen atoms in total. The first-order valence-corrected chi connectivity index (χ1v) is 6.67. The third kappa shape index (κ3) is 2.57. The van der Waals surface area contributed by atoms with Gasteiger partial charge in [0.25, 0.3) is 0 Å². The zero-order valence-corrected chi connectivity index (χ0v) is 11.2. The molecule has 5 heteroatoms.